The molecule has 0 aliphatic carbocycles. The first-order valence-electron chi connectivity index (χ1n) is 6.14. The monoisotopic (exact) mass is 391 g/mol. The van der Waals surface area contributed by atoms with E-state index in [9.17, 15) is 0 Å². The van der Waals surface area contributed by atoms with Crippen LogP contribution in [0.3, 0.4) is 0 Å². The zero-order chi connectivity index (χ0) is 13.9. The van der Waals surface area contributed by atoms with Gasteiger partial charge in [0.25, 0.3) is 0 Å². The van der Waals surface area contributed by atoms with Crippen molar-refractivity contribution in [3.05, 3.63) is 64.8 Å². The number of rotatable bonds is 3. The van der Waals surface area contributed by atoms with Crippen molar-refractivity contribution >= 4 is 42.8 Å². The molecule has 0 N–H and O–H groups in total. The highest BCUT2D eigenvalue weighted by atomic mass is 79.9. The molecular formula is C16H11Br2NO. The molecule has 2 aromatic carbocycles. The lowest BCUT2D eigenvalue weighted by Crippen LogP contribution is -1.91. The average molecular weight is 393 g/mol. The number of halogens is 2. The third-order valence-corrected chi connectivity index (χ3v) is 4.09. The Labute approximate surface area is 134 Å². The van der Waals surface area contributed by atoms with Gasteiger partial charge in [0.2, 0.25) is 0 Å². The van der Waals surface area contributed by atoms with Crippen LogP contribution >= 0.6 is 31.9 Å². The first kappa shape index (κ1) is 13.6. The number of para-hydroxylation sites is 1. The van der Waals surface area contributed by atoms with E-state index in [1.807, 2.05) is 48.5 Å². The lowest BCUT2D eigenvalue weighted by molar-refractivity contribution is 0.482. The number of aromatic nitrogens is 1. The summed E-state index contributed by atoms with van der Waals surface area (Å²) in [6, 6.07) is 15.9. The van der Waals surface area contributed by atoms with Gasteiger partial charge in [-0.05, 0) is 24.3 Å². The average Bonchev–Trinajstić information content (AvgIpc) is 2.48. The van der Waals surface area contributed by atoms with Crippen molar-refractivity contribution in [3.63, 3.8) is 0 Å². The number of pyridine rings is 1. The van der Waals surface area contributed by atoms with Crippen LogP contribution in [0.25, 0.3) is 10.9 Å². The summed E-state index contributed by atoms with van der Waals surface area (Å²) in [4.78, 5) is 4.41. The summed E-state index contributed by atoms with van der Waals surface area (Å²) in [5.41, 5.74) is 1.97. The molecule has 0 spiro atoms. The quantitative estimate of drug-likeness (QED) is 0.534. The van der Waals surface area contributed by atoms with Crippen molar-refractivity contribution in [1.82, 2.24) is 4.98 Å². The predicted octanol–water partition coefficient (Wildman–Crippen LogP) is 5.68. The van der Waals surface area contributed by atoms with Gasteiger partial charge >= 0.3 is 0 Å². The smallest absolute Gasteiger partial charge is 0.153 e. The predicted molar refractivity (Wildman–Crippen MR) is 88.6 cm³/mol. The lowest BCUT2D eigenvalue weighted by Gasteiger charge is -2.11. The van der Waals surface area contributed by atoms with Gasteiger partial charge in [0.05, 0.1) is 0 Å². The molecule has 3 aromatic rings. The molecular weight excluding hydrogens is 382 g/mol. The molecule has 2 nitrogen and oxygen atoms in total. The number of hydrogen-bond acceptors (Lipinski definition) is 2. The van der Waals surface area contributed by atoms with Gasteiger partial charge in [-0.25, -0.2) is 0 Å². The molecule has 4 heteroatoms. The lowest BCUT2D eigenvalue weighted by atomic mass is 10.2. The first-order valence-corrected chi connectivity index (χ1v) is 8.05. The first-order chi connectivity index (χ1) is 9.78. The van der Waals surface area contributed by atoms with E-state index >= 15 is 0 Å². The number of hydrogen-bond donors (Lipinski definition) is 0. The van der Waals surface area contributed by atoms with E-state index in [4.69, 9.17) is 4.74 Å². The summed E-state index contributed by atoms with van der Waals surface area (Å²) in [6.45, 7) is 0. The highest BCUT2D eigenvalue weighted by Gasteiger charge is 2.08. The van der Waals surface area contributed by atoms with Gasteiger partial charge in [-0.3, -0.25) is 4.98 Å². The number of fused-ring (bicyclic) bond motifs is 1. The van der Waals surface area contributed by atoms with Gasteiger partial charge in [-0.15, -0.1) is 0 Å². The van der Waals surface area contributed by atoms with Crippen LogP contribution < -0.4 is 4.74 Å². The largest absolute Gasteiger partial charge is 0.455 e. The van der Waals surface area contributed by atoms with Crippen LogP contribution in [0.15, 0.2) is 59.2 Å². The van der Waals surface area contributed by atoms with E-state index in [0.717, 1.165) is 37.8 Å². The van der Waals surface area contributed by atoms with E-state index in [2.05, 4.69) is 36.8 Å². The van der Waals surface area contributed by atoms with Crippen molar-refractivity contribution in [2.24, 2.45) is 0 Å². The molecule has 20 heavy (non-hydrogen) atoms. The minimum Gasteiger partial charge on any atom is -0.455 e. The highest BCUT2D eigenvalue weighted by molar-refractivity contribution is 9.10. The molecule has 0 unspecified atom stereocenters. The maximum Gasteiger partial charge on any atom is 0.153 e. The summed E-state index contributed by atoms with van der Waals surface area (Å²) in [5, 5.41) is 1.81. The second-order valence-electron chi connectivity index (χ2n) is 4.32. The van der Waals surface area contributed by atoms with Crippen LogP contribution in [0.2, 0.25) is 0 Å². The Morgan fingerprint density at radius 2 is 1.85 bits per heavy atom. The van der Waals surface area contributed by atoms with Gasteiger partial charge in [-0.2, -0.15) is 0 Å². The Bertz CT molecular complexity index is 753. The zero-order valence-corrected chi connectivity index (χ0v) is 13.7. The Hall–Kier alpha value is -1.39. The van der Waals surface area contributed by atoms with E-state index in [1.165, 1.54) is 0 Å². The molecule has 0 radical (unpaired) electrons. The zero-order valence-electron chi connectivity index (χ0n) is 10.5. The summed E-state index contributed by atoms with van der Waals surface area (Å²) in [6.07, 6.45) is 1.78. The second kappa shape index (κ2) is 5.94. The van der Waals surface area contributed by atoms with Gasteiger partial charge < -0.3 is 4.74 Å². The van der Waals surface area contributed by atoms with Crippen molar-refractivity contribution in [2.75, 3.05) is 0 Å². The summed E-state index contributed by atoms with van der Waals surface area (Å²) in [7, 11) is 0. The molecule has 100 valence electrons. The van der Waals surface area contributed by atoms with Crippen LogP contribution in [-0.4, -0.2) is 4.98 Å². The molecule has 1 aromatic heterocycles. The molecule has 0 fully saturated rings. The Morgan fingerprint density at radius 3 is 2.70 bits per heavy atom. The number of benzene rings is 2. The van der Waals surface area contributed by atoms with E-state index < -0.39 is 0 Å². The minimum atomic E-state index is 0.744. The second-order valence-corrected chi connectivity index (χ2v) is 5.80. The molecule has 1 heterocycles. The summed E-state index contributed by atoms with van der Waals surface area (Å²) < 4.78 is 7.06. The molecule has 0 aliphatic rings. The van der Waals surface area contributed by atoms with Crippen LogP contribution in [0, 0.1) is 0 Å². The molecule has 0 aliphatic heterocycles. The standard InChI is InChI=1S/C16H11Br2NO/c17-10-12-6-7-13(18)9-15(12)20-14-5-1-3-11-4-2-8-19-16(11)14/h1-9H,10H2. The van der Waals surface area contributed by atoms with Gasteiger partial charge in [0.1, 0.15) is 11.3 Å². The van der Waals surface area contributed by atoms with Crippen molar-refractivity contribution in [1.29, 1.82) is 0 Å². The molecule has 0 amide bonds. The molecule has 0 saturated carbocycles. The van der Waals surface area contributed by atoms with E-state index in [0.29, 0.717) is 0 Å². The topological polar surface area (TPSA) is 22.1 Å². The van der Waals surface area contributed by atoms with Crippen molar-refractivity contribution in [3.8, 4) is 11.5 Å². The molecule has 0 saturated heterocycles. The van der Waals surface area contributed by atoms with Crippen molar-refractivity contribution in [2.45, 2.75) is 5.33 Å². The van der Waals surface area contributed by atoms with Crippen molar-refractivity contribution < 1.29 is 4.74 Å². The number of ether oxygens (including phenoxy) is 1. The van der Waals surface area contributed by atoms with E-state index in [1.54, 1.807) is 6.20 Å². The van der Waals surface area contributed by atoms with Gasteiger partial charge in [0.15, 0.2) is 5.75 Å². The number of nitrogens with zero attached hydrogens (tertiary/aromatic N) is 1. The summed E-state index contributed by atoms with van der Waals surface area (Å²) in [5.74, 6) is 1.60. The normalized spacial score (nSPS) is 10.7. The molecule has 0 atom stereocenters. The highest BCUT2D eigenvalue weighted by Crippen LogP contribution is 2.33. The SMILES string of the molecule is BrCc1ccc(Br)cc1Oc1cccc2cccnc12. The maximum absolute atomic E-state index is 6.07. The van der Waals surface area contributed by atoms with Crippen LogP contribution in [-0.2, 0) is 5.33 Å². The fourth-order valence-corrected chi connectivity index (χ4v) is 2.81. The Morgan fingerprint density at radius 1 is 1.00 bits per heavy atom. The van der Waals surface area contributed by atoms with E-state index in [-0.39, 0.29) is 0 Å². The fourth-order valence-electron chi connectivity index (χ4n) is 2.01. The Balaban J connectivity index is 2.07. The van der Waals surface area contributed by atoms with Gasteiger partial charge in [-0.1, -0.05) is 56.1 Å². The Kier molecular flexibility index (Phi) is 4.03. The van der Waals surface area contributed by atoms with Gasteiger partial charge in [0, 0.05) is 26.9 Å². The number of alkyl halides is 1. The molecule has 0 bridgehead atoms. The van der Waals surface area contributed by atoms with Crippen LogP contribution in [0.4, 0.5) is 0 Å². The van der Waals surface area contributed by atoms with Crippen LogP contribution in [0.1, 0.15) is 5.56 Å². The fraction of sp³-hybridized carbons (Fsp3) is 0.0625. The third kappa shape index (κ3) is 2.72. The molecule has 3 rings (SSSR count). The van der Waals surface area contributed by atoms with Crippen LogP contribution in [0.5, 0.6) is 11.5 Å². The maximum atomic E-state index is 6.07. The summed E-state index contributed by atoms with van der Waals surface area (Å²) >= 11 is 6.96. The minimum absolute atomic E-state index is 0.744. The third-order valence-electron chi connectivity index (χ3n) is 2.99.